The lowest BCUT2D eigenvalue weighted by Gasteiger charge is -2.16. The number of hydrogen-bond donors (Lipinski definition) is 2. The number of aliphatic imine (C=N–C) groups is 1. The third-order valence-corrected chi connectivity index (χ3v) is 2.99. The summed E-state index contributed by atoms with van der Waals surface area (Å²) in [4.78, 5) is 4.59. The minimum absolute atomic E-state index is 0. The SMILES string of the molecule is CCNC(=NCCCc1cnn(C)c1)NC(C)CC.I. The maximum Gasteiger partial charge on any atom is 0.191 e. The Morgan fingerprint density at radius 3 is 2.75 bits per heavy atom. The van der Waals surface area contributed by atoms with Gasteiger partial charge in [0.05, 0.1) is 6.20 Å². The number of halogens is 1. The Bertz CT molecular complexity index is 389. The van der Waals surface area contributed by atoms with Crippen LogP contribution in [-0.4, -0.2) is 34.9 Å². The van der Waals surface area contributed by atoms with Crippen LogP contribution in [0.3, 0.4) is 0 Å². The third-order valence-electron chi connectivity index (χ3n) is 2.99. The van der Waals surface area contributed by atoms with Crippen molar-refractivity contribution in [2.45, 2.75) is 46.1 Å². The number of guanidine groups is 1. The molecule has 1 aromatic heterocycles. The minimum atomic E-state index is 0. The quantitative estimate of drug-likeness (QED) is 0.324. The van der Waals surface area contributed by atoms with Crippen LogP contribution in [0.15, 0.2) is 17.4 Å². The summed E-state index contributed by atoms with van der Waals surface area (Å²) < 4.78 is 1.84. The summed E-state index contributed by atoms with van der Waals surface area (Å²) in [7, 11) is 1.95. The number of aryl methyl sites for hydroxylation is 2. The molecule has 1 rings (SSSR count). The highest BCUT2D eigenvalue weighted by molar-refractivity contribution is 14.0. The number of hydrogen-bond acceptors (Lipinski definition) is 2. The van der Waals surface area contributed by atoms with E-state index in [2.05, 4.69) is 47.7 Å². The molecule has 0 saturated heterocycles. The van der Waals surface area contributed by atoms with Gasteiger partial charge >= 0.3 is 0 Å². The molecule has 0 fully saturated rings. The zero-order chi connectivity index (χ0) is 14.1. The average molecular weight is 393 g/mol. The molecule has 0 bridgehead atoms. The number of nitrogens with one attached hydrogen (secondary N) is 2. The molecule has 1 aromatic rings. The molecule has 1 atom stereocenters. The van der Waals surface area contributed by atoms with Gasteiger partial charge in [-0.1, -0.05) is 6.92 Å². The van der Waals surface area contributed by atoms with Crippen LogP contribution < -0.4 is 10.6 Å². The monoisotopic (exact) mass is 393 g/mol. The van der Waals surface area contributed by atoms with Crippen molar-refractivity contribution in [3.05, 3.63) is 18.0 Å². The smallest absolute Gasteiger partial charge is 0.191 e. The molecule has 1 heterocycles. The Morgan fingerprint density at radius 2 is 2.20 bits per heavy atom. The van der Waals surface area contributed by atoms with E-state index in [4.69, 9.17) is 0 Å². The first kappa shape index (κ1) is 19.2. The van der Waals surface area contributed by atoms with Gasteiger partial charge in [0, 0.05) is 32.4 Å². The summed E-state index contributed by atoms with van der Waals surface area (Å²) in [6.45, 7) is 8.15. The van der Waals surface area contributed by atoms with Gasteiger partial charge in [-0.2, -0.15) is 5.10 Å². The van der Waals surface area contributed by atoms with Crippen LogP contribution in [0.4, 0.5) is 0 Å². The van der Waals surface area contributed by atoms with Gasteiger partial charge in [-0.05, 0) is 38.7 Å². The second kappa shape index (κ2) is 10.9. The van der Waals surface area contributed by atoms with Crippen molar-refractivity contribution < 1.29 is 0 Å². The van der Waals surface area contributed by atoms with E-state index in [1.807, 2.05) is 17.9 Å². The van der Waals surface area contributed by atoms with Gasteiger partial charge in [0.15, 0.2) is 5.96 Å². The zero-order valence-electron chi connectivity index (χ0n) is 13.0. The maximum atomic E-state index is 4.59. The minimum Gasteiger partial charge on any atom is -0.357 e. The topological polar surface area (TPSA) is 54.2 Å². The molecule has 116 valence electrons. The molecular formula is C14H28IN5. The maximum absolute atomic E-state index is 4.59. The van der Waals surface area contributed by atoms with Gasteiger partial charge in [-0.25, -0.2) is 0 Å². The zero-order valence-corrected chi connectivity index (χ0v) is 15.3. The summed E-state index contributed by atoms with van der Waals surface area (Å²) in [6.07, 6.45) is 7.15. The molecule has 2 N–H and O–H groups in total. The molecule has 5 nitrogen and oxygen atoms in total. The van der Waals surface area contributed by atoms with Gasteiger partial charge in [-0.15, -0.1) is 24.0 Å². The molecule has 0 aliphatic heterocycles. The van der Waals surface area contributed by atoms with Gasteiger partial charge < -0.3 is 10.6 Å². The Morgan fingerprint density at radius 1 is 1.45 bits per heavy atom. The van der Waals surface area contributed by atoms with Crippen molar-refractivity contribution in [2.24, 2.45) is 12.0 Å². The molecule has 20 heavy (non-hydrogen) atoms. The molecule has 0 aliphatic carbocycles. The van der Waals surface area contributed by atoms with Crippen LogP contribution in [0.2, 0.25) is 0 Å². The first-order valence-corrected chi connectivity index (χ1v) is 7.18. The molecule has 0 spiro atoms. The second-order valence-electron chi connectivity index (χ2n) is 4.84. The van der Waals surface area contributed by atoms with E-state index in [0.717, 1.165) is 38.3 Å². The van der Waals surface area contributed by atoms with E-state index in [1.165, 1.54) is 5.56 Å². The predicted molar refractivity (Wildman–Crippen MR) is 95.8 cm³/mol. The largest absolute Gasteiger partial charge is 0.357 e. The van der Waals surface area contributed by atoms with E-state index in [-0.39, 0.29) is 24.0 Å². The van der Waals surface area contributed by atoms with Gasteiger partial charge in [-0.3, -0.25) is 9.67 Å². The first-order chi connectivity index (χ1) is 9.15. The van der Waals surface area contributed by atoms with Crippen molar-refractivity contribution in [2.75, 3.05) is 13.1 Å². The fourth-order valence-electron chi connectivity index (χ4n) is 1.73. The Kier molecular flexibility index (Phi) is 10.5. The van der Waals surface area contributed by atoms with Gasteiger partial charge in [0.25, 0.3) is 0 Å². The summed E-state index contributed by atoms with van der Waals surface area (Å²) in [5, 5.41) is 10.8. The van der Waals surface area contributed by atoms with Crippen molar-refractivity contribution in [1.29, 1.82) is 0 Å². The molecular weight excluding hydrogens is 365 g/mol. The fraction of sp³-hybridized carbons (Fsp3) is 0.714. The van der Waals surface area contributed by atoms with Crippen LogP contribution in [0, 0.1) is 0 Å². The van der Waals surface area contributed by atoms with Crippen molar-refractivity contribution in [3.63, 3.8) is 0 Å². The van der Waals surface area contributed by atoms with Crippen LogP contribution in [0.25, 0.3) is 0 Å². The lowest BCUT2D eigenvalue weighted by atomic mass is 10.2. The molecule has 0 aliphatic rings. The predicted octanol–water partition coefficient (Wildman–Crippen LogP) is 2.32. The van der Waals surface area contributed by atoms with Crippen molar-refractivity contribution in [1.82, 2.24) is 20.4 Å². The normalized spacial score (nSPS) is 12.7. The van der Waals surface area contributed by atoms with Crippen LogP contribution >= 0.6 is 24.0 Å². The molecule has 6 heteroatoms. The van der Waals surface area contributed by atoms with E-state index in [0.29, 0.717) is 6.04 Å². The Hall–Kier alpha value is -0.790. The second-order valence-corrected chi connectivity index (χ2v) is 4.84. The molecule has 0 aromatic carbocycles. The standard InChI is InChI=1S/C14H27N5.HI/c1-5-12(3)18-14(15-6-2)16-9-7-8-13-10-17-19(4)11-13;/h10-12H,5-9H2,1-4H3,(H2,15,16,18);1H. The Balaban J connectivity index is 0.00000361. The first-order valence-electron chi connectivity index (χ1n) is 7.18. The summed E-state index contributed by atoms with van der Waals surface area (Å²) >= 11 is 0. The van der Waals surface area contributed by atoms with Crippen LogP contribution in [0.5, 0.6) is 0 Å². The molecule has 0 amide bonds. The molecule has 0 saturated carbocycles. The molecule has 1 unspecified atom stereocenters. The third kappa shape index (κ3) is 7.72. The molecule has 0 radical (unpaired) electrons. The highest BCUT2D eigenvalue weighted by Crippen LogP contribution is 2.00. The summed E-state index contributed by atoms with van der Waals surface area (Å²) in [5.41, 5.74) is 1.28. The summed E-state index contributed by atoms with van der Waals surface area (Å²) in [6, 6.07) is 0.455. The van der Waals surface area contributed by atoms with Crippen molar-refractivity contribution in [3.8, 4) is 0 Å². The average Bonchev–Trinajstić information content (AvgIpc) is 2.80. The highest BCUT2D eigenvalue weighted by Gasteiger charge is 2.02. The van der Waals surface area contributed by atoms with Crippen LogP contribution in [-0.2, 0) is 13.5 Å². The van der Waals surface area contributed by atoms with E-state index in [1.54, 1.807) is 0 Å². The summed E-state index contributed by atoms with van der Waals surface area (Å²) in [5.74, 6) is 0.919. The van der Waals surface area contributed by atoms with Crippen molar-refractivity contribution >= 4 is 29.9 Å². The highest BCUT2D eigenvalue weighted by atomic mass is 127. The Labute approximate surface area is 139 Å². The van der Waals surface area contributed by atoms with Crippen LogP contribution in [0.1, 0.15) is 39.2 Å². The van der Waals surface area contributed by atoms with Gasteiger partial charge in [0.2, 0.25) is 0 Å². The number of nitrogens with zero attached hydrogens (tertiary/aromatic N) is 3. The van der Waals surface area contributed by atoms with Gasteiger partial charge in [0.1, 0.15) is 0 Å². The number of aromatic nitrogens is 2. The van der Waals surface area contributed by atoms with E-state index >= 15 is 0 Å². The van der Waals surface area contributed by atoms with E-state index in [9.17, 15) is 0 Å². The lowest BCUT2D eigenvalue weighted by Crippen LogP contribution is -2.42. The van der Waals surface area contributed by atoms with E-state index < -0.39 is 0 Å². The number of rotatable bonds is 7. The lowest BCUT2D eigenvalue weighted by molar-refractivity contribution is 0.623. The fourth-order valence-corrected chi connectivity index (χ4v) is 1.73.